The van der Waals surface area contributed by atoms with Gasteiger partial charge in [-0.15, -0.1) is 0 Å². The van der Waals surface area contributed by atoms with Gasteiger partial charge in [-0.25, -0.2) is 4.98 Å². The summed E-state index contributed by atoms with van der Waals surface area (Å²) in [7, 11) is 0. The predicted octanol–water partition coefficient (Wildman–Crippen LogP) is 5.19. The third-order valence-corrected chi connectivity index (χ3v) is 3.56. The third-order valence-electron chi connectivity index (χ3n) is 3.33. The molecular formula is C17H29ClN2. The Morgan fingerprint density at radius 1 is 1.15 bits per heavy atom. The molecule has 2 aliphatic heterocycles. The van der Waals surface area contributed by atoms with E-state index in [4.69, 9.17) is 11.6 Å². The van der Waals surface area contributed by atoms with Gasteiger partial charge in [-0.2, -0.15) is 0 Å². The van der Waals surface area contributed by atoms with E-state index in [1.165, 1.54) is 24.0 Å². The Labute approximate surface area is 129 Å². The topological polar surface area (TPSA) is 24.9 Å². The summed E-state index contributed by atoms with van der Waals surface area (Å²) in [5, 5.41) is 4.07. The molecular weight excluding hydrogens is 268 g/mol. The summed E-state index contributed by atoms with van der Waals surface area (Å²) in [6.45, 7) is 9.11. The molecule has 1 fully saturated rings. The maximum atomic E-state index is 5.79. The van der Waals surface area contributed by atoms with Crippen LogP contribution in [0.15, 0.2) is 24.4 Å². The number of rotatable bonds is 1. The van der Waals surface area contributed by atoms with Gasteiger partial charge in [-0.05, 0) is 36.0 Å². The smallest absolute Gasteiger partial charge is 0.129 e. The molecule has 1 aromatic rings. The minimum Gasteiger partial charge on any atom is -0.310 e. The Morgan fingerprint density at radius 3 is 2.25 bits per heavy atom. The molecule has 0 saturated carbocycles. The lowest BCUT2D eigenvalue weighted by Gasteiger charge is -2.36. The van der Waals surface area contributed by atoms with E-state index in [9.17, 15) is 0 Å². The fourth-order valence-electron chi connectivity index (χ4n) is 2.52. The van der Waals surface area contributed by atoms with Crippen LogP contribution in [0.2, 0.25) is 5.15 Å². The maximum absolute atomic E-state index is 5.79. The van der Waals surface area contributed by atoms with Gasteiger partial charge in [0.25, 0.3) is 0 Å². The van der Waals surface area contributed by atoms with Crippen molar-refractivity contribution in [2.24, 2.45) is 5.92 Å². The number of aromatic nitrogens is 1. The Kier molecular flexibility index (Phi) is 9.52. The lowest BCUT2D eigenvalue weighted by atomic mass is 9.79. The molecule has 2 unspecified atom stereocenters. The average molecular weight is 297 g/mol. The lowest BCUT2D eigenvalue weighted by molar-refractivity contribution is 0.375. The summed E-state index contributed by atoms with van der Waals surface area (Å²) in [6, 6.07) is 4.51. The molecule has 3 heteroatoms. The van der Waals surface area contributed by atoms with Crippen LogP contribution < -0.4 is 5.32 Å². The summed E-state index contributed by atoms with van der Waals surface area (Å²) < 4.78 is 0. The van der Waals surface area contributed by atoms with Crippen molar-refractivity contribution < 1.29 is 0 Å². The predicted molar refractivity (Wildman–Crippen MR) is 91.2 cm³/mol. The number of hydrogen-bond donors (Lipinski definition) is 1. The van der Waals surface area contributed by atoms with Crippen LogP contribution in [0.4, 0.5) is 0 Å². The summed E-state index contributed by atoms with van der Waals surface area (Å²) in [4.78, 5) is 4.14. The van der Waals surface area contributed by atoms with Crippen LogP contribution in [0.3, 0.4) is 0 Å². The van der Waals surface area contributed by atoms with Gasteiger partial charge < -0.3 is 5.32 Å². The Hall–Kier alpha value is -0.860. The zero-order valence-corrected chi connectivity index (χ0v) is 13.2. The van der Waals surface area contributed by atoms with E-state index in [0.717, 1.165) is 6.54 Å². The van der Waals surface area contributed by atoms with Crippen molar-refractivity contribution in [1.82, 2.24) is 10.3 Å². The molecule has 2 bridgehead atoms. The Bertz CT molecular complexity index is 390. The van der Waals surface area contributed by atoms with Gasteiger partial charge in [0.1, 0.15) is 5.15 Å². The molecule has 1 aliphatic carbocycles. The van der Waals surface area contributed by atoms with E-state index in [1.54, 1.807) is 0 Å². The molecule has 1 N–H and O–H groups in total. The highest BCUT2D eigenvalue weighted by Gasteiger charge is 2.28. The largest absolute Gasteiger partial charge is 0.310 e. The second-order valence-electron chi connectivity index (χ2n) is 4.28. The van der Waals surface area contributed by atoms with Crippen LogP contribution in [0, 0.1) is 5.92 Å². The number of fused-ring (bicyclic) bond motifs is 2. The molecule has 3 aliphatic rings. The van der Waals surface area contributed by atoms with Gasteiger partial charge in [-0.3, -0.25) is 0 Å². The number of nitrogens with one attached hydrogen (secondary N) is 1. The zero-order valence-electron chi connectivity index (χ0n) is 12.4. The van der Waals surface area contributed by atoms with Crippen LogP contribution in [-0.4, -0.2) is 17.6 Å². The van der Waals surface area contributed by atoms with E-state index in [-0.39, 0.29) is 7.43 Å². The molecule has 2 nitrogen and oxygen atoms in total. The lowest BCUT2D eigenvalue weighted by Crippen LogP contribution is -2.42. The fraction of sp³-hybridized carbons (Fsp3) is 0.588. The second kappa shape index (κ2) is 9.95. The van der Waals surface area contributed by atoms with Gasteiger partial charge in [0.05, 0.1) is 0 Å². The molecule has 4 rings (SSSR count). The van der Waals surface area contributed by atoms with Crippen molar-refractivity contribution >= 4 is 17.2 Å². The van der Waals surface area contributed by atoms with Gasteiger partial charge in [-0.1, -0.05) is 58.9 Å². The molecule has 0 aromatic carbocycles. The van der Waals surface area contributed by atoms with Crippen molar-refractivity contribution in [3.05, 3.63) is 35.1 Å². The minimum absolute atomic E-state index is 0. The third kappa shape index (κ3) is 4.60. The number of piperidine rings is 1. The quantitative estimate of drug-likeness (QED) is 0.722. The molecule has 0 amide bonds. The van der Waals surface area contributed by atoms with Crippen LogP contribution >= 0.6 is 11.6 Å². The van der Waals surface area contributed by atoms with Gasteiger partial charge >= 0.3 is 0 Å². The van der Waals surface area contributed by atoms with E-state index in [2.05, 4.69) is 22.4 Å². The molecule has 3 heterocycles. The van der Waals surface area contributed by atoms with Gasteiger partial charge in [0, 0.05) is 18.8 Å². The normalized spacial score (nSPS) is 22.4. The van der Waals surface area contributed by atoms with Crippen molar-refractivity contribution in [1.29, 1.82) is 0 Å². The van der Waals surface area contributed by atoms with E-state index >= 15 is 0 Å². The first kappa shape index (κ1) is 19.1. The highest BCUT2D eigenvalue weighted by Crippen LogP contribution is 2.35. The van der Waals surface area contributed by atoms with Gasteiger partial charge in [0.15, 0.2) is 0 Å². The van der Waals surface area contributed by atoms with Crippen molar-refractivity contribution in [2.75, 3.05) is 6.54 Å². The number of nitrogens with zero attached hydrogens (tertiary/aromatic N) is 1. The molecule has 1 aromatic heterocycles. The molecule has 1 saturated heterocycles. The highest BCUT2D eigenvalue weighted by molar-refractivity contribution is 6.29. The monoisotopic (exact) mass is 296 g/mol. The van der Waals surface area contributed by atoms with Crippen molar-refractivity contribution in [2.45, 2.75) is 54.0 Å². The number of pyridine rings is 1. The summed E-state index contributed by atoms with van der Waals surface area (Å²) >= 11 is 5.79. The minimum atomic E-state index is 0. The van der Waals surface area contributed by atoms with E-state index in [1.807, 2.05) is 40.0 Å². The summed E-state index contributed by atoms with van der Waals surface area (Å²) in [6.07, 6.45) is 6.80. The Balaban J connectivity index is 0.000000667. The van der Waals surface area contributed by atoms with Crippen molar-refractivity contribution in [3.63, 3.8) is 0 Å². The van der Waals surface area contributed by atoms with E-state index in [0.29, 0.717) is 17.1 Å². The van der Waals surface area contributed by atoms with E-state index < -0.39 is 0 Å². The van der Waals surface area contributed by atoms with Crippen molar-refractivity contribution in [3.8, 4) is 0 Å². The Morgan fingerprint density at radius 2 is 1.85 bits per heavy atom. The molecule has 0 radical (unpaired) electrons. The SMILES string of the molecule is C.CC.CC.Clc1ccc(C2=CC3CCC2CN3)cn1. The average Bonchev–Trinajstić information content (AvgIpc) is 2.53. The second-order valence-corrected chi connectivity index (χ2v) is 4.67. The van der Waals surface area contributed by atoms with Crippen LogP contribution in [0.25, 0.3) is 5.57 Å². The maximum Gasteiger partial charge on any atom is 0.129 e. The highest BCUT2D eigenvalue weighted by atomic mass is 35.5. The summed E-state index contributed by atoms with van der Waals surface area (Å²) in [5.74, 6) is 0.665. The fourth-order valence-corrected chi connectivity index (χ4v) is 2.63. The standard InChI is InChI=1S/C12H13ClN2.2C2H6.CH4/c13-12-4-2-9(7-15-12)11-5-10-3-1-8(11)6-14-10;2*1-2;/h2,4-5,7-8,10,14H,1,3,6H2;2*1-2H3;1H4. The number of hydrogen-bond acceptors (Lipinski definition) is 2. The zero-order chi connectivity index (χ0) is 14.3. The first-order valence-electron chi connectivity index (χ1n) is 7.40. The first-order chi connectivity index (χ1) is 9.33. The molecule has 114 valence electrons. The first-order valence-corrected chi connectivity index (χ1v) is 7.78. The molecule has 2 atom stereocenters. The van der Waals surface area contributed by atoms with Crippen LogP contribution in [0.1, 0.15) is 53.5 Å². The van der Waals surface area contributed by atoms with Crippen LogP contribution in [-0.2, 0) is 0 Å². The number of halogens is 1. The molecule has 0 spiro atoms. The van der Waals surface area contributed by atoms with Gasteiger partial charge in [0.2, 0.25) is 0 Å². The molecule has 20 heavy (non-hydrogen) atoms. The van der Waals surface area contributed by atoms with Crippen LogP contribution in [0.5, 0.6) is 0 Å². The summed E-state index contributed by atoms with van der Waals surface area (Å²) in [5.41, 5.74) is 2.68.